The highest BCUT2D eigenvalue weighted by molar-refractivity contribution is 7.91. The first kappa shape index (κ1) is 20.5. The molecule has 2 aromatic rings. The Balaban J connectivity index is 1.47. The molecule has 4 N–H and O–H groups in total. The van der Waals surface area contributed by atoms with Crippen molar-refractivity contribution in [2.24, 2.45) is 14.9 Å². The number of aromatic nitrogens is 2. The summed E-state index contributed by atoms with van der Waals surface area (Å²) in [4.78, 5) is 12.9. The lowest BCUT2D eigenvalue weighted by Crippen LogP contribution is -2.33. The topological polar surface area (TPSA) is 132 Å². The van der Waals surface area contributed by atoms with Crippen LogP contribution in [0.3, 0.4) is 0 Å². The van der Waals surface area contributed by atoms with E-state index >= 15 is 0 Å². The molecular weight excluding hydrogens is 418 g/mol. The number of fused-ring (bicyclic) bond motifs is 3. The first-order chi connectivity index (χ1) is 14.6. The van der Waals surface area contributed by atoms with Gasteiger partial charge in [0.1, 0.15) is 4.90 Å². The summed E-state index contributed by atoms with van der Waals surface area (Å²) in [5.74, 6) is 0.299. The van der Waals surface area contributed by atoms with Crippen LogP contribution < -0.4 is 15.2 Å². The molecule has 9 nitrogen and oxygen atoms in total. The quantitative estimate of drug-likeness (QED) is 0.654. The molecule has 0 saturated carbocycles. The number of hydrogen-bond donors (Lipinski definition) is 3. The third-order valence-corrected chi connectivity index (χ3v) is 7.62. The summed E-state index contributed by atoms with van der Waals surface area (Å²) in [6.07, 6.45) is 4.92. The maximum absolute atomic E-state index is 13.2. The number of aliphatic hydroxyl groups is 1. The van der Waals surface area contributed by atoms with Crippen molar-refractivity contribution in [2.75, 3.05) is 11.9 Å². The van der Waals surface area contributed by atoms with E-state index in [0.717, 1.165) is 41.5 Å². The number of rotatable bonds is 2. The zero-order valence-electron chi connectivity index (χ0n) is 17.7. The smallest absolute Gasteiger partial charge is 0.354 e. The second-order valence-corrected chi connectivity index (χ2v) is 11.1. The number of carbonyl (C=O) groups excluding carboxylic acids is 1. The number of hydrogen-bond acceptors (Lipinski definition) is 5. The molecule has 0 saturated heterocycles. The van der Waals surface area contributed by atoms with Gasteiger partial charge in [0.2, 0.25) is 5.88 Å². The Kier molecular flexibility index (Phi) is 4.65. The van der Waals surface area contributed by atoms with Crippen LogP contribution in [-0.2, 0) is 35.7 Å². The molecule has 1 aromatic carbocycles. The van der Waals surface area contributed by atoms with Crippen molar-refractivity contribution in [1.82, 2.24) is 9.78 Å². The van der Waals surface area contributed by atoms with Crippen molar-refractivity contribution in [3.8, 4) is 5.88 Å². The van der Waals surface area contributed by atoms with Crippen LogP contribution >= 0.6 is 0 Å². The molecule has 2 unspecified atom stereocenters. The summed E-state index contributed by atoms with van der Waals surface area (Å²) in [5.41, 5.74) is 4.61. The zero-order chi connectivity index (χ0) is 22.0. The monoisotopic (exact) mass is 445 g/mol. The Labute approximate surface area is 181 Å². The summed E-state index contributed by atoms with van der Waals surface area (Å²) in [6.45, 7) is 5.11. The highest BCUT2D eigenvalue weighted by atomic mass is 32.2. The number of benzene rings is 1. The molecule has 3 aliphatic rings. The Morgan fingerprint density at radius 2 is 2.19 bits per heavy atom. The first-order valence-corrected chi connectivity index (χ1v) is 12.1. The molecule has 0 spiro atoms. The van der Waals surface area contributed by atoms with E-state index in [4.69, 9.17) is 9.88 Å². The van der Waals surface area contributed by atoms with Crippen molar-refractivity contribution in [3.63, 3.8) is 0 Å². The van der Waals surface area contributed by atoms with Gasteiger partial charge in [-0.05, 0) is 54.4 Å². The summed E-state index contributed by atoms with van der Waals surface area (Å²) in [6, 6.07) is 1.29. The zero-order valence-corrected chi connectivity index (χ0v) is 18.5. The van der Waals surface area contributed by atoms with Gasteiger partial charge in [-0.25, -0.2) is 18.8 Å². The van der Waals surface area contributed by atoms with Gasteiger partial charge in [0.05, 0.1) is 25.5 Å². The summed E-state index contributed by atoms with van der Waals surface area (Å²) in [5, 5.41) is 23.4. The molecule has 31 heavy (non-hydrogen) atoms. The van der Waals surface area contributed by atoms with Crippen LogP contribution in [0.2, 0.25) is 0 Å². The normalized spacial score (nSPS) is 22.6. The standard InChI is InChI=1S/C21H27N5O4S/c1-21(2)10-26-19(30-11-21)17(9-23-26)31(22,29)25-20(28)24-18-13-5-3-4-12(13)8-15-14(18)6-7-16(15)27/h8-9,16,27H,3-7,10-11H2,1-2H3,(H3,22,24,25,28,29). The highest BCUT2D eigenvalue weighted by Gasteiger charge is 2.33. The van der Waals surface area contributed by atoms with Gasteiger partial charge in [0.25, 0.3) is 0 Å². The molecular formula is C21H27N5O4S. The van der Waals surface area contributed by atoms with E-state index in [1.165, 1.54) is 6.20 Å². The lowest BCUT2D eigenvalue weighted by atomic mass is 9.94. The van der Waals surface area contributed by atoms with Gasteiger partial charge in [-0.2, -0.15) is 5.10 Å². The number of nitrogens with zero attached hydrogens (tertiary/aromatic N) is 3. The number of ether oxygens (including phenoxy) is 1. The number of aryl methyl sites for hydroxylation is 1. The van der Waals surface area contributed by atoms with Gasteiger partial charge in [0, 0.05) is 11.1 Å². The Morgan fingerprint density at radius 1 is 1.39 bits per heavy atom. The van der Waals surface area contributed by atoms with Crippen LogP contribution in [-0.4, -0.2) is 31.7 Å². The lowest BCUT2D eigenvalue weighted by Gasteiger charge is -2.30. The van der Waals surface area contributed by atoms with Crippen LogP contribution in [0, 0.1) is 5.41 Å². The van der Waals surface area contributed by atoms with Crippen molar-refractivity contribution in [2.45, 2.75) is 63.5 Å². The number of aliphatic hydroxyl groups excluding tert-OH is 1. The van der Waals surface area contributed by atoms with Gasteiger partial charge >= 0.3 is 6.03 Å². The van der Waals surface area contributed by atoms with Crippen molar-refractivity contribution < 1.29 is 18.8 Å². The molecule has 2 amide bonds. The first-order valence-electron chi connectivity index (χ1n) is 10.5. The Bertz CT molecular complexity index is 1210. The largest absolute Gasteiger partial charge is 0.476 e. The molecule has 1 aliphatic heterocycles. The van der Waals surface area contributed by atoms with Crippen LogP contribution in [0.15, 0.2) is 21.5 Å². The van der Waals surface area contributed by atoms with E-state index in [9.17, 15) is 14.1 Å². The molecule has 10 heteroatoms. The number of nitrogens with one attached hydrogen (secondary N) is 1. The third-order valence-electron chi connectivity index (χ3n) is 6.27. The lowest BCUT2D eigenvalue weighted by molar-refractivity contribution is 0.0972. The summed E-state index contributed by atoms with van der Waals surface area (Å²) in [7, 11) is -3.55. The van der Waals surface area contributed by atoms with Crippen LogP contribution in [0.5, 0.6) is 5.88 Å². The van der Waals surface area contributed by atoms with E-state index < -0.39 is 22.1 Å². The van der Waals surface area contributed by atoms with Crippen LogP contribution in [0.1, 0.15) is 55.0 Å². The van der Waals surface area contributed by atoms with Gasteiger partial charge < -0.3 is 15.2 Å². The van der Waals surface area contributed by atoms with Crippen LogP contribution in [0.4, 0.5) is 10.5 Å². The fourth-order valence-electron chi connectivity index (χ4n) is 4.80. The molecule has 0 fully saturated rings. The number of urea groups is 1. The van der Waals surface area contributed by atoms with Gasteiger partial charge in [-0.3, -0.25) is 0 Å². The predicted octanol–water partition coefficient (Wildman–Crippen LogP) is 2.70. The molecule has 1 aromatic heterocycles. The van der Waals surface area contributed by atoms with Crippen LogP contribution in [0.25, 0.3) is 0 Å². The van der Waals surface area contributed by atoms with E-state index in [0.29, 0.717) is 37.6 Å². The van der Waals surface area contributed by atoms with Gasteiger partial charge in [-0.15, -0.1) is 4.36 Å². The molecule has 2 aliphatic carbocycles. The number of anilines is 1. The third kappa shape index (κ3) is 3.52. The fraction of sp³-hybridized carbons (Fsp3) is 0.524. The number of nitrogens with two attached hydrogens (primary N) is 1. The minimum absolute atomic E-state index is 0.112. The number of amides is 2. The molecule has 2 atom stereocenters. The fourth-order valence-corrected chi connectivity index (χ4v) is 5.80. The van der Waals surface area contributed by atoms with Gasteiger partial charge in [-0.1, -0.05) is 19.9 Å². The molecule has 166 valence electrons. The Morgan fingerprint density at radius 3 is 3.00 bits per heavy atom. The molecule has 0 bridgehead atoms. The Hall–Kier alpha value is -2.43. The second-order valence-electron chi connectivity index (χ2n) is 9.38. The van der Waals surface area contributed by atoms with E-state index in [1.807, 2.05) is 13.8 Å². The van der Waals surface area contributed by atoms with Gasteiger partial charge in [0.15, 0.2) is 9.92 Å². The molecule has 0 radical (unpaired) electrons. The SMILES string of the molecule is CC1(C)COc2c(S(N)(=O)=NC(=O)Nc3c4c(cc5c3CCC5O)CCC4)cnn2C1. The maximum Gasteiger partial charge on any atom is 0.354 e. The van der Waals surface area contributed by atoms with Crippen molar-refractivity contribution in [1.29, 1.82) is 0 Å². The minimum atomic E-state index is -3.55. The molecule has 2 heterocycles. The van der Waals surface area contributed by atoms with E-state index in [-0.39, 0.29) is 10.3 Å². The molecule has 5 rings (SSSR count). The summed E-state index contributed by atoms with van der Waals surface area (Å²) < 4.78 is 24.4. The number of carbonyl (C=O) groups is 1. The van der Waals surface area contributed by atoms with E-state index in [1.54, 1.807) is 4.68 Å². The second kappa shape index (κ2) is 7.04. The minimum Gasteiger partial charge on any atom is -0.476 e. The van der Waals surface area contributed by atoms with Crippen molar-refractivity contribution in [3.05, 3.63) is 34.5 Å². The van der Waals surface area contributed by atoms with Crippen molar-refractivity contribution >= 4 is 21.6 Å². The maximum atomic E-state index is 13.2. The predicted molar refractivity (Wildman–Crippen MR) is 115 cm³/mol. The van der Waals surface area contributed by atoms with E-state index in [2.05, 4.69) is 20.8 Å². The highest BCUT2D eigenvalue weighted by Crippen LogP contribution is 2.42. The average Bonchev–Trinajstić information content (AvgIpc) is 3.39. The summed E-state index contributed by atoms with van der Waals surface area (Å²) >= 11 is 0. The average molecular weight is 446 g/mol.